The fourth-order valence-electron chi connectivity index (χ4n) is 4.98. The van der Waals surface area contributed by atoms with E-state index in [0.717, 1.165) is 5.02 Å². The van der Waals surface area contributed by atoms with E-state index in [4.69, 9.17) is 11.6 Å². The van der Waals surface area contributed by atoms with Gasteiger partial charge in [-0.25, -0.2) is 0 Å². The highest BCUT2D eigenvalue weighted by atomic mass is 79.9. The Balaban J connectivity index is 1.97. The predicted octanol–water partition coefficient (Wildman–Crippen LogP) is 7.49. The molecule has 2 aliphatic rings. The van der Waals surface area contributed by atoms with Crippen LogP contribution in [-0.2, 0) is 5.41 Å². The summed E-state index contributed by atoms with van der Waals surface area (Å²) in [6.07, 6.45) is 6.43. The van der Waals surface area contributed by atoms with Crippen LogP contribution in [0.1, 0.15) is 43.2 Å². The second-order valence-electron chi connectivity index (χ2n) is 7.16. The van der Waals surface area contributed by atoms with Gasteiger partial charge in [0.2, 0.25) is 0 Å². The lowest BCUT2D eigenvalue weighted by Gasteiger charge is -2.43. The van der Waals surface area contributed by atoms with Gasteiger partial charge in [-0.15, -0.1) is 0 Å². The van der Waals surface area contributed by atoms with Gasteiger partial charge in [-0.05, 0) is 58.7 Å². The van der Waals surface area contributed by atoms with Crippen LogP contribution in [0.3, 0.4) is 0 Å². The molecule has 1 saturated carbocycles. The quantitative estimate of drug-likeness (QED) is 0.368. The summed E-state index contributed by atoms with van der Waals surface area (Å²) in [4.78, 5) is 0. The van der Waals surface area contributed by atoms with E-state index in [9.17, 15) is 0 Å². The molecule has 3 aromatic rings. The molecule has 0 N–H and O–H groups in total. The summed E-state index contributed by atoms with van der Waals surface area (Å²) in [6.45, 7) is 0. The Morgan fingerprint density at radius 1 is 0.833 bits per heavy atom. The fourth-order valence-corrected chi connectivity index (χ4v) is 5.56. The first-order chi connectivity index (χ1) is 11.7. The van der Waals surface area contributed by atoms with E-state index in [1.807, 2.05) is 6.07 Å². The van der Waals surface area contributed by atoms with Crippen LogP contribution in [0, 0.1) is 0 Å². The van der Waals surface area contributed by atoms with Crippen molar-refractivity contribution in [1.82, 2.24) is 0 Å². The van der Waals surface area contributed by atoms with Crippen molar-refractivity contribution >= 4 is 38.3 Å². The number of hydrogen-bond donors (Lipinski definition) is 0. The van der Waals surface area contributed by atoms with Gasteiger partial charge in [0.15, 0.2) is 0 Å². The van der Waals surface area contributed by atoms with E-state index < -0.39 is 0 Å². The lowest BCUT2D eigenvalue weighted by atomic mass is 9.60. The largest absolute Gasteiger partial charge is 0.0837 e. The molecule has 24 heavy (non-hydrogen) atoms. The van der Waals surface area contributed by atoms with Crippen LogP contribution in [-0.4, -0.2) is 0 Å². The van der Waals surface area contributed by atoms with Crippen molar-refractivity contribution in [1.29, 1.82) is 0 Å². The molecule has 5 rings (SSSR count). The average molecular weight is 398 g/mol. The van der Waals surface area contributed by atoms with Gasteiger partial charge >= 0.3 is 0 Å². The standard InChI is InChI=1S/C22H18BrCl/c23-14-7-8-15-16-9-10-20(24)17-5-4-6-18(21(16)17)22(19(15)13-14)11-2-1-3-12-22/h4-10,13H,1-3,11-12H2. The number of hydrogen-bond acceptors (Lipinski definition) is 0. The Labute approximate surface area is 156 Å². The van der Waals surface area contributed by atoms with Gasteiger partial charge in [0.25, 0.3) is 0 Å². The Hall–Kier alpha value is -1.31. The highest BCUT2D eigenvalue weighted by Gasteiger charge is 2.41. The SMILES string of the molecule is Clc1ccc2c3c(cccc13)C1(CCCCC1)c1cc(Br)ccc1-2. The third-order valence-corrected chi connectivity index (χ3v) is 6.82. The van der Waals surface area contributed by atoms with E-state index >= 15 is 0 Å². The minimum atomic E-state index is 0.147. The topological polar surface area (TPSA) is 0 Å². The molecule has 0 aliphatic heterocycles. The highest BCUT2D eigenvalue weighted by Crippen LogP contribution is 2.55. The van der Waals surface area contributed by atoms with E-state index in [1.54, 1.807) is 0 Å². The monoisotopic (exact) mass is 396 g/mol. The van der Waals surface area contributed by atoms with E-state index in [0.29, 0.717) is 0 Å². The first-order valence-electron chi connectivity index (χ1n) is 8.73. The van der Waals surface area contributed by atoms with E-state index in [2.05, 4.69) is 58.4 Å². The molecule has 0 radical (unpaired) electrons. The summed E-state index contributed by atoms with van der Waals surface area (Å²) >= 11 is 10.3. The van der Waals surface area contributed by atoms with Crippen LogP contribution in [0.5, 0.6) is 0 Å². The summed E-state index contributed by atoms with van der Waals surface area (Å²) in [6, 6.07) is 17.8. The number of halogens is 2. The molecular weight excluding hydrogens is 380 g/mol. The minimum absolute atomic E-state index is 0.147. The highest BCUT2D eigenvalue weighted by molar-refractivity contribution is 9.10. The van der Waals surface area contributed by atoms with Crippen LogP contribution in [0.2, 0.25) is 5.02 Å². The smallest absolute Gasteiger partial charge is 0.0484 e. The molecule has 3 aromatic carbocycles. The first kappa shape index (κ1) is 15.0. The molecule has 0 aromatic heterocycles. The zero-order valence-corrected chi connectivity index (χ0v) is 15.8. The van der Waals surface area contributed by atoms with Gasteiger partial charge in [-0.2, -0.15) is 0 Å². The van der Waals surface area contributed by atoms with Gasteiger partial charge in [-0.1, -0.05) is 77.1 Å². The molecule has 0 amide bonds. The Morgan fingerprint density at radius 2 is 1.62 bits per heavy atom. The molecular formula is C22H18BrCl. The zero-order valence-electron chi connectivity index (χ0n) is 13.4. The van der Waals surface area contributed by atoms with Crippen molar-refractivity contribution in [2.24, 2.45) is 0 Å². The summed E-state index contributed by atoms with van der Waals surface area (Å²) in [5, 5.41) is 3.44. The molecule has 120 valence electrons. The Kier molecular flexibility index (Phi) is 3.34. The van der Waals surface area contributed by atoms with Gasteiger partial charge < -0.3 is 0 Å². The van der Waals surface area contributed by atoms with Crippen LogP contribution in [0.4, 0.5) is 0 Å². The third kappa shape index (κ3) is 1.92. The van der Waals surface area contributed by atoms with Gasteiger partial charge in [-0.3, -0.25) is 0 Å². The number of benzene rings is 3. The van der Waals surface area contributed by atoms with Crippen LogP contribution in [0.15, 0.2) is 53.0 Å². The molecule has 0 unspecified atom stereocenters. The molecule has 1 fully saturated rings. The van der Waals surface area contributed by atoms with Crippen molar-refractivity contribution in [3.05, 3.63) is 69.2 Å². The van der Waals surface area contributed by atoms with Gasteiger partial charge in [0.1, 0.15) is 0 Å². The number of fused-ring (bicyclic) bond motifs is 4. The van der Waals surface area contributed by atoms with Crippen molar-refractivity contribution < 1.29 is 0 Å². The molecule has 0 saturated heterocycles. The zero-order chi connectivity index (χ0) is 16.3. The minimum Gasteiger partial charge on any atom is -0.0837 e. The van der Waals surface area contributed by atoms with Crippen molar-refractivity contribution in [3.8, 4) is 11.1 Å². The molecule has 0 atom stereocenters. The number of rotatable bonds is 0. The van der Waals surface area contributed by atoms with Crippen molar-refractivity contribution in [2.75, 3.05) is 0 Å². The van der Waals surface area contributed by atoms with Crippen LogP contribution >= 0.6 is 27.5 Å². The maximum Gasteiger partial charge on any atom is 0.0484 e. The van der Waals surface area contributed by atoms with Gasteiger partial charge in [0.05, 0.1) is 0 Å². The molecule has 0 heterocycles. The predicted molar refractivity (Wildman–Crippen MR) is 106 cm³/mol. The van der Waals surface area contributed by atoms with E-state index in [1.165, 1.54) is 69.6 Å². The van der Waals surface area contributed by atoms with E-state index in [-0.39, 0.29) is 5.41 Å². The summed E-state index contributed by atoms with van der Waals surface area (Å²) in [5.74, 6) is 0. The second-order valence-corrected chi connectivity index (χ2v) is 8.48. The lowest BCUT2D eigenvalue weighted by molar-refractivity contribution is 0.347. The first-order valence-corrected chi connectivity index (χ1v) is 9.90. The average Bonchev–Trinajstić information content (AvgIpc) is 2.62. The molecule has 0 bridgehead atoms. The summed E-state index contributed by atoms with van der Waals surface area (Å²) < 4.78 is 1.18. The molecule has 2 aliphatic carbocycles. The maximum absolute atomic E-state index is 6.55. The van der Waals surface area contributed by atoms with Crippen molar-refractivity contribution in [3.63, 3.8) is 0 Å². The van der Waals surface area contributed by atoms with Crippen LogP contribution in [0.25, 0.3) is 21.9 Å². The lowest BCUT2D eigenvalue weighted by Crippen LogP contribution is -2.33. The molecule has 2 heteroatoms. The third-order valence-electron chi connectivity index (χ3n) is 6.00. The van der Waals surface area contributed by atoms with Crippen molar-refractivity contribution in [2.45, 2.75) is 37.5 Å². The fraction of sp³-hybridized carbons (Fsp3) is 0.273. The molecule has 1 spiro atoms. The summed E-state index contributed by atoms with van der Waals surface area (Å²) in [5.41, 5.74) is 5.86. The van der Waals surface area contributed by atoms with Crippen LogP contribution < -0.4 is 0 Å². The normalized spacial score (nSPS) is 17.9. The van der Waals surface area contributed by atoms with Gasteiger partial charge in [0, 0.05) is 20.3 Å². The Morgan fingerprint density at radius 3 is 2.46 bits per heavy atom. The second kappa shape index (κ2) is 5.34. The summed E-state index contributed by atoms with van der Waals surface area (Å²) in [7, 11) is 0. The molecule has 0 nitrogen and oxygen atoms in total. The maximum atomic E-state index is 6.55. The Bertz CT molecular complexity index is 967.